The average molecular weight is 267 g/mol. The molecule has 0 bridgehead atoms. The lowest BCUT2D eigenvalue weighted by Gasteiger charge is -2.35. The second-order valence-electron chi connectivity index (χ2n) is 6.52. The van der Waals surface area contributed by atoms with Crippen LogP contribution < -0.4 is 5.32 Å². The minimum Gasteiger partial charge on any atom is -0.314 e. The van der Waals surface area contributed by atoms with Gasteiger partial charge in [0.25, 0.3) is 0 Å². The standard InChI is InChI=1S/C16H33N3/c1-4-18-10-7-16(8-11-18)14(3)17-12-15-6-9-19(5-2)13-15/h14-17H,4-13H2,1-3H3. The Kier molecular flexibility index (Phi) is 6.11. The van der Waals surface area contributed by atoms with Crippen molar-refractivity contribution >= 4 is 0 Å². The molecular formula is C16H33N3. The van der Waals surface area contributed by atoms with Crippen molar-refractivity contribution < 1.29 is 0 Å². The molecule has 0 saturated carbocycles. The van der Waals surface area contributed by atoms with Crippen LogP contribution in [0.4, 0.5) is 0 Å². The Morgan fingerprint density at radius 3 is 2.21 bits per heavy atom. The fourth-order valence-corrected chi connectivity index (χ4v) is 3.66. The van der Waals surface area contributed by atoms with Gasteiger partial charge in [0, 0.05) is 12.6 Å². The van der Waals surface area contributed by atoms with Crippen LogP contribution in [-0.4, -0.2) is 61.7 Å². The highest BCUT2D eigenvalue weighted by Gasteiger charge is 2.25. The number of hydrogen-bond acceptors (Lipinski definition) is 3. The molecule has 0 aromatic rings. The van der Waals surface area contributed by atoms with Crippen molar-refractivity contribution in [2.24, 2.45) is 11.8 Å². The van der Waals surface area contributed by atoms with Crippen molar-refractivity contribution in [3.63, 3.8) is 0 Å². The maximum Gasteiger partial charge on any atom is 0.00680 e. The fraction of sp³-hybridized carbons (Fsp3) is 1.00. The minimum atomic E-state index is 0.703. The summed E-state index contributed by atoms with van der Waals surface area (Å²) >= 11 is 0. The predicted octanol–water partition coefficient (Wildman–Crippen LogP) is 2.04. The van der Waals surface area contributed by atoms with Crippen molar-refractivity contribution in [3.8, 4) is 0 Å². The molecule has 2 unspecified atom stereocenters. The summed E-state index contributed by atoms with van der Waals surface area (Å²) in [5.41, 5.74) is 0. The van der Waals surface area contributed by atoms with Gasteiger partial charge in [-0.15, -0.1) is 0 Å². The molecule has 2 saturated heterocycles. The van der Waals surface area contributed by atoms with E-state index in [2.05, 4.69) is 35.9 Å². The molecule has 112 valence electrons. The number of nitrogens with zero attached hydrogens (tertiary/aromatic N) is 2. The number of nitrogens with one attached hydrogen (secondary N) is 1. The topological polar surface area (TPSA) is 18.5 Å². The van der Waals surface area contributed by atoms with Crippen LogP contribution in [0.5, 0.6) is 0 Å². The van der Waals surface area contributed by atoms with Crippen molar-refractivity contribution in [2.75, 3.05) is 45.8 Å². The third-order valence-electron chi connectivity index (χ3n) is 5.33. The summed E-state index contributed by atoms with van der Waals surface area (Å²) in [4.78, 5) is 5.16. The van der Waals surface area contributed by atoms with E-state index in [1.54, 1.807) is 0 Å². The van der Waals surface area contributed by atoms with Crippen molar-refractivity contribution in [1.82, 2.24) is 15.1 Å². The average Bonchev–Trinajstić information content (AvgIpc) is 2.93. The van der Waals surface area contributed by atoms with E-state index in [4.69, 9.17) is 0 Å². The van der Waals surface area contributed by atoms with E-state index in [1.165, 1.54) is 65.1 Å². The van der Waals surface area contributed by atoms with Gasteiger partial charge < -0.3 is 15.1 Å². The highest BCUT2D eigenvalue weighted by atomic mass is 15.1. The number of likely N-dealkylation sites (tertiary alicyclic amines) is 2. The zero-order valence-electron chi connectivity index (χ0n) is 13.2. The van der Waals surface area contributed by atoms with E-state index in [-0.39, 0.29) is 0 Å². The van der Waals surface area contributed by atoms with Gasteiger partial charge in [-0.2, -0.15) is 0 Å². The van der Waals surface area contributed by atoms with Gasteiger partial charge in [-0.1, -0.05) is 13.8 Å². The smallest absolute Gasteiger partial charge is 0.00680 e. The van der Waals surface area contributed by atoms with Gasteiger partial charge in [-0.3, -0.25) is 0 Å². The first-order valence-electron chi connectivity index (χ1n) is 8.41. The van der Waals surface area contributed by atoms with E-state index in [0.717, 1.165) is 11.8 Å². The van der Waals surface area contributed by atoms with Gasteiger partial charge in [0.1, 0.15) is 0 Å². The van der Waals surface area contributed by atoms with Gasteiger partial charge >= 0.3 is 0 Å². The van der Waals surface area contributed by atoms with Crippen LogP contribution in [0.25, 0.3) is 0 Å². The van der Waals surface area contributed by atoms with Gasteiger partial charge in [-0.05, 0) is 77.3 Å². The first kappa shape index (κ1) is 15.3. The number of rotatable bonds is 6. The zero-order chi connectivity index (χ0) is 13.7. The van der Waals surface area contributed by atoms with Gasteiger partial charge in [-0.25, -0.2) is 0 Å². The predicted molar refractivity (Wildman–Crippen MR) is 82.5 cm³/mol. The largest absolute Gasteiger partial charge is 0.314 e. The number of piperidine rings is 1. The van der Waals surface area contributed by atoms with Crippen LogP contribution in [-0.2, 0) is 0 Å². The van der Waals surface area contributed by atoms with Crippen LogP contribution in [0.1, 0.15) is 40.0 Å². The maximum absolute atomic E-state index is 3.83. The lowest BCUT2D eigenvalue weighted by molar-refractivity contribution is 0.167. The molecule has 1 N–H and O–H groups in total. The van der Waals surface area contributed by atoms with Crippen LogP contribution >= 0.6 is 0 Å². The zero-order valence-corrected chi connectivity index (χ0v) is 13.2. The Bertz CT molecular complexity index is 248. The summed E-state index contributed by atoms with van der Waals surface area (Å²) in [5.74, 6) is 1.78. The highest BCUT2D eigenvalue weighted by molar-refractivity contribution is 4.82. The molecular weight excluding hydrogens is 234 g/mol. The van der Waals surface area contributed by atoms with Crippen LogP contribution in [0.3, 0.4) is 0 Å². The monoisotopic (exact) mass is 267 g/mol. The van der Waals surface area contributed by atoms with E-state index >= 15 is 0 Å². The maximum atomic E-state index is 3.83. The fourth-order valence-electron chi connectivity index (χ4n) is 3.66. The summed E-state index contributed by atoms with van der Waals surface area (Å²) in [6.45, 7) is 15.9. The molecule has 2 rings (SSSR count). The molecule has 2 heterocycles. The Morgan fingerprint density at radius 2 is 1.63 bits per heavy atom. The highest BCUT2D eigenvalue weighted by Crippen LogP contribution is 2.21. The molecule has 2 atom stereocenters. The van der Waals surface area contributed by atoms with Gasteiger partial charge in [0.15, 0.2) is 0 Å². The first-order chi connectivity index (χ1) is 9.22. The molecule has 0 radical (unpaired) electrons. The second-order valence-corrected chi connectivity index (χ2v) is 6.52. The van der Waals surface area contributed by atoms with Crippen LogP contribution in [0, 0.1) is 11.8 Å². The quantitative estimate of drug-likeness (QED) is 0.794. The van der Waals surface area contributed by atoms with E-state index in [9.17, 15) is 0 Å². The third kappa shape index (κ3) is 4.44. The van der Waals surface area contributed by atoms with Crippen molar-refractivity contribution in [1.29, 1.82) is 0 Å². The lowest BCUT2D eigenvalue weighted by atomic mass is 9.90. The molecule has 0 aliphatic carbocycles. The molecule has 0 amide bonds. The summed E-state index contributed by atoms with van der Waals surface area (Å²) in [7, 11) is 0. The van der Waals surface area contributed by atoms with E-state index in [0.29, 0.717) is 6.04 Å². The molecule has 2 aliphatic heterocycles. The van der Waals surface area contributed by atoms with Crippen LogP contribution in [0.2, 0.25) is 0 Å². The third-order valence-corrected chi connectivity index (χ3v) is 5.33. The summed E-state index contributed by atoms with van der Waals surface area (Å²) in [6, 6.07) is 0.703. The Labute approximate surface area is 119 Å². The minimum absolute atomic E-state index is 0.703. The Morgan fingerprint density at radius 1 is 1.00 bits per heavy atom. The Hall–Kier alpha value is -0.120. The SMILES string of the molecule is CCN1CCC(C(C)NCC2CCN(CC)C2)CC1. The molecule has 0 spiro atoms. The summed E-state index contributed by atoms with van der Waals surface area (Å²) in [6.07, 6.45) is 4.16. The lowest BCUT2D eigenvalue weighted by Crippen LogP contribution is -2.43. The summed E-state index contributed by atoms with van der Waals surface area (Å²) in [5, 5.41) is 3.83. The molecule has 2 fully saturated rings. The van der Waals surface area contributed by atoms with Crippen molar-refractivity contribution in [3.05, 3.63) is 0 Å². The molecule has 19 heavy (non-hydrogen) atoms. The number of hydrogen-bond donors (Lipinski definition) is 1. The second kappa shape index (κ2) is 7.61. The first-order valence-corrected chi connectivity index (χ1v) is 8.41. The van der Waals surface area contributed by atoms with Gasteiger partial charge in [0.2, 0.25) is 0 Å². The molecule has 0 aromatic carbocycles. The van der Waals surface area contributed by atoms with Crippen LogP contribution in [0.15, 0.2) is 0 Å². The normalized spacial score (nSPS) is 28.9. The molecule has 0 aromatic heterocycles. The van der Waals surface area contributed by atoms with Gasteiger partial charge in [0.05, 0.1) is 0 Å². The molecule has 3 nitrogen and oxygen atoms in total. The summed E-state index contributed by atoms with van der Waals surface area (Å²) < 4.78 is 0. The molecule has 3 heteroatoms. The van der Waals surface area contributed by atoms with E-state index in [1.807, 2.05) is 0 Å². The van der Waals surface area contributed by atoms with Crippen molar-refractivity contribution in [2.45, 2.75) is 46.1 Å². The Balaban J connectivity index is 1.63. The van der Waals surface area contributed by atoms with E-state index < -0.39 is 0 Å². The molecule has 2 aliphatic rings.